The highest BCUT2D eigenvalue weighted by Gasteiger charge is 2.50. The molecule has 4 nitrogen and oxygen atoms in total. The van der Waals surface area contributed by atoms with Gasteiger partial charge < -0.3 is 15.3 Å². The number of nitrogen functional groups attached to an aromatic ring is 1. The molecule has 0 saturated heterocycles. The maximum atomic E-state index is 11.6. The van der Waals surface area contributed by atoms with Gasteiger partial charge in [-0.2, -0.15) is 0 Å². The Kier molecular flexibility index (Phi) is 2.48. The monoisotopic (exact) mass is 275 g/mol. The summed E-state index contributed by atoms with van der Waals surface area (Å²) in [6.45, 7) is 1.86. The van der Waals surface area contributed by atoms with Gasteiger partial charge in [-0.3, -0.25) is 0 Å². The van der Waals surface area contributed by atoms with Crippen LogP contribution in [0.5, 0.6) is 0 Å². The zero-order valence-electron chi connectivity index (χ0n) is 11.8. The zero-order valence-corrected chi connectivity index (χ0v) is 11.8. The molecule has 0 radical (unpaired) electrons. The van der Waals surface area contributed by atoms with Gasteiger partial charge in [-0.1, -0.05) is 0 Å². The van der Waals surface area contributed by atoms with Crippen molar-refractivity contribution in [3.8, 4) is 0 Å². The van der Waals surface area contributed by atoms with Gasteiger partial charge in [-0.15, -0.1) is 0 Å². The summed E-state index contributed by atoms with van der Waals surface area (Å²) in [6, 6.07) is 0. The van der Waals surface area contributed by atoms with E-state index in [4.69, 9.17) is 10.2 Å². The van der Waals surface area contributed by atoms with Crippen LogP contribution in [0.3, 0.4) is 0 Å². The van der Waals surface area contributed by atoms with Crippen molar-refractivity contribution in [2.45, 2.75) is 44.9 Å². The maximum Gasteiger partial charge on any atom is 0.341 e. The van der Waals surface area contributed by atoms with E-state index in [-0.39, 0.29) is 11.4 Å². The van der Waals surface area contributed by atoms with Crippen LogP contribution < -0.4 is 5.73 Å². The SMILES string of the molecule is Cc1oc(N)c(C(=O)O)c1C1C2CC3CC(C2)CC1C3. The van der Waals surface area contributed by atoms with Crippen molar-refractivity contribution in [1.82, 2.24) is 0 Å². The highest BCUT2D eigenvalue weighted by Crippen LogP contribution is 2.60. The number of hydrogen-bond donors (Lipinski definition) is 2. The molecule has 0 spiro atoms. The number of carbonyl (C=O) groups is 1. The van der Waals surface area contributed by atoms with Crippen molar-refractivity contribution in [2.24, 2.45) is 23.7 Å². The van der Waals surface area contributed by atoms with Crippen LogP contribution in [0.4, 0.5) is 5.88 Å². The van der Waals surface area contributed by atoms with E-state index >= 15 is 0 Å². The number of furan rings is 1. The van der Waals surface area contributed by atoms with Crippen LogP contribution in [0.1, 0.15) is 59.7 Å². The van der Waals surface area contributed by atoms with Gasteiger partial charge in [0.1, 0.15) is 11.3 Å². The van der Waals surface area contributed by atoms with E-state index in [1.165, 1.54) is 32.1 Å². The third-order valence-corrected chi connectivity index (χ3v) is 5.93. The van der Waals surface area contributed by atoms with E-state index in [9.17, 15) is 9.90 Å². The molecule has 4 fully saturated rings. The summed E-state index contributed by atoms with van der Waals surface area (Å²) in [5.74, 6) is 3.26. The van der Waals surface area contributed by atoms with Crippen LogP contribution in [0.25, 0.3) is 0 Å². The van der Waals surface area contributed by atoms with Crippen LogP contribution >= 0.6 is 0 Å². The Morgan fingerprint density at radius 2 is 1.70 bits per heavy atom. The molecule has 5 rings (SSSR count). The number of carboxylic acids is 1. The summed E-state index contributed by atoms with van der Waals surface area (Å²) in [5.41, 5.74) is 6.93. The largest absolute Gasteiger partial charge is 0.477 e. The van der Waals surface area contributed by atoms with Crippen LogP contribution in [0.2, 0.25) is 0 Å². The molecule has 1 aromatic rings. The van der Waals surface area contributed by atoms with Crippen LogP contribution in [0, 0.1) is 30.6 Å². The average molecular weight is 275 g/mol. The summed E-state index contributed by atoms with van der Waals surface area (Å²) < 4.78 is 5.46. The first kappa shape index (κ1) is 12.3. The van der Waals surface area contributed by atoms with E-state index < -0.39 is 5.97 Å². The van der Waals surface area contributed by atoms with Crippen molar-refractivity contribution in [1.29, 1.82) is 0 Å². The first-order valence-electron chi connectivity index (χ1n) is 7.66. The molecule has 4 heteroatoms. The molecule has 0 atom stereocenters. The van der Waals surface area contributed by atoms with E-state index in [1.54, 1.807) is 0 Å². The van der Waals surface area contributed by atoms with Crippen LogP contribution in [-0.4, -0.2) is 11.1 Å². The summed E-state index contributed by atoms with van der Waals surface area (Å²) in [5, 5.41) is 9.47. The van der Waals surface area contributed by atoms with E-state index in [2.05, 4.69) is 0 Å². The quantitative estimate of drug-likeness (QED) is 0.867. The number of aromatic carboxylic acids is 1. The zero-order chi connectivity index (χ0) is 14.0. The molecule has 0 aliphatic heterocycles. The molecule has 0 aromatic carbocycles. The van der Waals surface area contributed by atoms with Gasteiger partial charge in [-0.05, 0) is 68.6 Å². The molecule has 4 aliphatic rings. The Labute approximate surface area is 118 Å². The maximum absolute atomic E-state index is 11.6. The molecule has 0 amide bonds. The van der Waals surface area contributed by atoms with E-state index in [1.807, 2.05) is 6.92 Å². The minimum Gasteiger partial charge on any atom is -0.477 e. The molecular weight excluding hydrogens is 254 g/mol. The first-order valence-corrected chi connectivity index (χ1v) is 7.66. The second-order valence-corrected chi connectivity index (χ2v) is 7.07. The third kappa shape index (κ3) is 1.57. The fourth-order valence-corrected chi connectivity index (χ4v) is 5.60. The van der Waals surface area contributed by atoms with Gasteiger partial charge in [0.25, 0.3) is 0 Å². The average Bonchev–Trinajstić information content (AvgIpc) is 2.63. The van der Waals surface area contributed by atoms with Crippen molar-refractivity contribution in [3.63, 3.8) is 0 Å². The Morgan fingerprint density at radius 1 is 1.15 bits per heavy atom. The molecule has 20 heavy (non-hydrogen) atoms. The lowest BCUT2D eigenvalue weighted by Gasteiger charge is -2.54. The summed E-state index contributed by atoms with van der Waals surface area (Å²) in [6.07, 6.45) is 6.46. The van der Waals surface area contributed by atoms with Gasteiger partial charge in [0.15, 0.2) is 0 Å². The van der Waals surface area contributed by atoms with Crippen LogP contribution in [0.15, 0.2) is 4.42 Å². The van der Waals surface area contributed by atoms with Crippen molar-refractivity contribution in [2.75, 3.05) is 5.73 Å². The topological polar surface area (TPSA) is 76.5 Å². The van der Waals surface area contributed by atoms with Crippen molar-refractivity contribution in [3.05, 3.63) is 16.9 Å². The lowest BCUT2D eigenvalue weighted by molar-refractivity contribution is -0.00355. The summed E-state index contributed by atoms with van der Waals surface area (Å²) >= 11 is 0. The van der Waals surface area contributed by atoms with Crippen molar-refractivity contribution >= 4 is 11.9 Å². The Balaban J connectivity index is 1.80. The highest BCUT2D eigenvalue weighted by atomic mass is 16.4. The fraction of sp³-hybridized carbons (Fsp3) is 0.688. The number of carboxylic acid groups (broad SMARTS) is 1. The molecule has 4 saturated carbocycles. The molecule has 3 N–H and O–H groups in total. The number of aryl methyl sites for hydroxylation is 1. The Hall–Kier alpha value is -1.45. The fourth-order valence-electron chi connectivity index (χ4n) is 5.60. The molecular formula is C16H21NO3. The second kappa shape index (κ2) is 4.03. The van der Waals surface area contributed by atoms with Gasteiger partial charge in [0.05, 0.1) is 0 Å². The molecule has 108 valence electrons. The van der Waals surface area contributed by atoms with Gasteiger partial charge >= 0.3 is 5.97 Å². The number of rotatable bonds is 2. The smallest absolute Gasteiger partial charge is 0.341 e. The third-order valence-electron chi connectivity index (χ3n) is 5.93. The van der Waals surface area contributed by atoms with Gasteiger partial charge in [-0.25, -0.2) is 4.79 Å². The minimum atomic E-state index is -0.942. The predicted molar refractivity (Wildman–Crippen MR) is 74.6 cm³/mol. The second-order valence-electron chi connectivity index (χ2n) is 7.07. The van der Waals surface area contributed by atoms with E-state index in [0.717, 1.165) is 23.2 Å². The number of nitrogens with two attached hydrogens (primary N) is 1. The minimum absolute atomic E-state index is 0.0822. The predicted octanol–water partition coefficient (Wildman–Crippen LogP) is 3.41. The molecule has 0 unspecified atom stereocenters. The van der Waals surface area contributed by atoms with Gasteiger partial charge in [0.2, 0.25) is 5.88 Å². The lowest BCUT2D eigenvalue weighted by Crippen LogP contribution is -2.44. The number of hydrogen-bond acceptors (Lipinski definition) is 3. The highest BCUT2D eigenvalue weighted by molar-refractivity contribution is 5.94. The summed E-state index contributed by atoms with van der Waals surface area (Å²) in [7, 11) is 0. The Morgan fingerprint density at radius 3 is 2.20 bits per heavy atom. The van der Waals surface area contributed by atoms with Crippen LogP contribution in [-0.2, 0) is 0 Å². The van der Waals surface area contributed by atoms with Crippen molar-refractivity contribution < 1.29 is 14.3 Å². The first-order chi connectivity index (χ1) is 9.54. The normalized spacial score (nSPS) is 38.4. The molecule has 1 aromatic heterocycles. The summed E-state index contributed by atoms with van der Waals surface area (Å²) in [4.78, 5) is 11.6. The van der Waals surface area contributed by atoms with E-state index in [0.29, 0.717) is 17.8 Å². The molecule has 4 bridgehead atoms. The Bertz CT molecular complexity index is 547. The van der Waals surface area contributed by atoms with Gasteiger partial charge in [0, 0.05) is 5.56 Å². The number of anilines is 1. The molecule has 4 aliphatic carbocycles. The molecule has 1 heterocycles. The lowest BCUT2D eigenvalue weighted by atomic mass is 9.50. The standard InChI is InChI=1S/C16H21NO3/c1-7-12(14(16(18)19)15(17)20-7)13-10-3-8-2-9(5-10)6-11(13)4-8/h8-11,13H,2-6,17H2,1H3,(H,18,19).